The number of hydrogen-bond acceptors (Lipinski definition) is 5. The number of carboxylic acids is 1. The first kappa shape index (κ1) is 23.1. The summed E-state index contributed by atoms with van der Waals surface area (Å²) >= 11 is 11.9. The van der Waals surface area contributed by atoms with Gasteiger partial charge >= 0.3 is 5.97 Å². The van der Waals surface area contributed by atoms with Crippen LogP contribution in [0.15, 0.2) is 71.9 Å². The predicted octanol–water partition coefficient (Wildman–Crippen LogP) is 4.07. The van der Waals surface area contributed by atoms with Crippen molar-refractivity contribution in [3.8, 4) is 5.82 Å². The molecule has 11 heteroatoms. The zero-order chi connectivity index (χ0) is 23.8. The van der Waals surface area contributed by atoms with Gasteiger partial charge in [-0.3, -0.25) is 9.10 Å². The van der Waals surface area contributed by atoms with Crippen molar-refractivity contribution in [2.45, 2.75) is 11.4 Å². The summed E-state index contributed by atoms with van der Waals surface area (Å²) in [5, 5.41) is 10.3. The van der Waals surface area contributed by atoms with Crippen molar-refractivity contribution in [3.05, 3.63) is 82.6 Å². The van der Waals surface area contributed by atoms with Gasteiger partial charge in [0.25, 0.3) is 10.0 Å². The van der Waals surface area contributed by atoms with Crippen LogP contribution < -0.4 is 10.0 Å². The molecule has 3 N–H and O–H groups in total. The van der Waals surface area contributed by atoms with Crippen LogP contribution in [0.2, 0.25) is 10.0 Å². The zero-order valence-corrected chi connectivity index (χ0v) is 19.3. The van der Waals surface area contributed by atoms with Crippen LogP contribution in [0.25, 0.3) is 16.7 Å². The minimum absolute atomic E-state index is 0.121. The first-order chi connectivity index (χ1) is 15.7. The quantitative estimate of drug-likeness (QED) is 0.391. The van der Waals surface area contributed by atoms with E-state index in [1.165, 1.54) is 24.3 Å². The molecule has 0 fully saturated rings. The smallest absolute Gasteiger partial charge is 0.324 e. The van der Waals surface area contributed by atoms with E-state index in [1.54, 1.807) is 30.6 Å². The number of aliphatic carboxylic acids is 1. The summed E-state index contributed by atoms with van der Waals surface area (Å²) in [5.41, 5.74) is 7.58. The Morgan fingerprint density at radius 3 is 2.45 bits per heavy atom. The lowest BCUT2D eigenvalue weighted by molar-refractivity contribution is -0.135. The SMILES string of the molecule is NCc1ccnc(-n2ccc3cc(N(CC(=O)O)S(=O)(=O)c4cc(Cl)cc(Cl)c4)ccc32)c1. The molecule has 33 heavy (non-hydrogen) atoms. The number of sulfonamides is 1. The number of halogens is 2. The third-order valence-electron chi connectivity index (χ3n) is 4.96. The number of pyridine rings is 1. The van der Waals surface area contributed by atoms with E-state index >= 15 is 0 Å². The second-order valence-corrected chi connectivity index (χ2v) is 9.90. The lowest BCUT2D eigenvalue weighted by Gasteiger charge is -2.23. The van der Waals surface area contributed by atoms with Crippen LogP contribution in [0.3, 0.4) is 0 Å². The number of nitrogens with zero attached hydrogens (tertiary/aromatic N) is 3. The number of carboxylic acid groups (broad SMARTS) is 1. The van der Waals surface area contributed by atoms with Gasteiger partial charge < -0.3 is 15.4 Å². The van der Waals surface area contributed by atoms with E-state index in [4.69, 9.17) is 28.9 Å². The van der Waals surface area contributed by atoms with Crippen LogP contribution in [0.5, 0.6) is 0 Å². The van der Waals surface area contributed by atoms with Gasteiger partial charge in [-0.25, -0.2) is 13.4 Å². The van der Waals surface area contributed by atoms with Gasteiger partial charge in [0.2, 0.25) is 0 Å². The van der Waals surface area contributed by atoms with E-state index in [0.717, 1.165) is 15.4 Å². The van der Waals surface area contributed by atoms with Crippen molar-refractivity contribution in [1.29, 1.82) is 0 Å². The molecule has 0 spiro atoms. The molecule has 0 radical (unpaired) electrons. The standard InChI is InChI=1S/C22H18Cl2N4O4S/c23-16-9-17(24)11-19(10-16)33(31,32)28(13-22(29)30)18-1-2-20-15(8-18)4-6-27(20)21-7-14(12-25)3-5-26-21/h1-11H,12-13,25H2,(H,29,30). The molecule has 0 aliphatic rings. The fourth-order valence-electron chi connectivity index (χ4n) is 3.45. The summed E-state index contributed by atoms with van der Waals surface area (Å²) < 4.78 is 29.3. The number of hydrogen-bond donors (Lipinski definition) is 2. The van der Waals surface area contributed by atoms with E-state index in [-0.39, 0.29) is 20.6 Å². The van der Waals surface area contributed by atoms with Crippen LogP contribution in [0, 0.1) is 0 Å². The average Bonchev–Trinajstić information content (AvgIpc) is 3.20. The Morgan fingerprint density at radius 1 is 1.06 bits per heavy atom. The van der Waals surface area contributed by atoms with Crippen molar-refractivity contribution in [2.24, 2.45) is 5.73 Å². The Hall–Kier alpha value is -3.11. The first-order valence-electron chi connectivity index (χ1n) is 9.66. The molecule has 0 unspecified atom stereocenters. The number of carbonyl (C=O) groups is 1. The lowest BCUT2D eigenvalue weighted by Crippen LogP contribution is -2.35. The number of fused-ring (bicyclic) bond motifs is 1. The van der Waals surface area contributed by atoms with Crippen LogP contribution in [-0.4, -0.2) is 35.6 Å². The molecule has 0 aliphatic heterocycles. The van der Waals surface area contributed by atoms with Crippen molar-refractivity contribution < 1.29 is 18.3 Å². The number of rotatable bonds is 7. The summed E-state index contributed by atoms with van der Waals surface area (Å²) in [6.07, 6.45) is 3.46. The summed E-state index contributed by atoms with van der Waals surface area (Å²) in [4.78, 5) is 15.7. The highest BCUT2D eigenvalue weighted by Gasteiger charge is 2.28. The third kappa shape index (κ3) is 4.67. The van der Waals surface area contributed by atoms with Gasteiger partial charge in [0.1, 0.15) is 12.4 Å². The van der Waals surface area contributed by atoms with Crippen molar-refractivity contribution in [3.63, 3.8) is 0 Å². The number of aromatic nitrogens is 2. The molecular formula is C22H18Cl2N4O4S. The monoisotopic (exact) mass is 504 g/mol. The second kappa shape index (κ2) is 9.03. The minimum atomic E-state index is -4.27. The summed E-state index contributed by atoms with van der Waals surface area (Å²) in [7, 11) is -4.27. The molecule has 0 amide bonds. The highest BCUT2D eigenvalue weighted by molar-refractivity contribution is 7.92. The van der Waals surface area contributed by atoms with Gasteiger partial charge in [-0.05, 0) is 60.2 Å². The molecule has 0 saturated carbocycles. The maximum absolute atomic E-state index is 13.3. The van der Waals surface area contributed by atoms with Crippen LogP contribution in [-0.2, 0) is 21.4 Å². The molecule has 2 aromatic carbocycles. The van der Waals surface area contributed by atoms with Gasteiger partial charge in [-0.15, -0.1) is 0 Å². The maximum atomic E-state index is 13.3. The van der Waals surface area contributed by atoms with Crippen LogP contribution in [0.1, 0.15) is 5.56 Å². The van der Waals surface area contributed by atoms with E-state index < -0.39 is 22.5 Å². The van der Waals surface area contributed by atoms with Crippen LogP contribution in [0.4, 0.5) is 5.69 Å². The Balaban J connectivity index is 1.81. The normalized spacial score (nSPS) is 11.6. The fraction of sp³-hybridized carbons (Fsp3) is 0.0909. The number of nitrogens with two attached hydrogens (primary N) is 1. The zero-order valence-electron chi connectivity index (χ0n) is 17.0. The van der Waals surface area contributed by atoms with E-state index in [1.807, 2.05) is 16.7 Å². The molecule has 0 saturated heterocycles. The van der Waals surface area contributed by atoms with E-state index in [9.17, 15) is 18.3 Å². The molecule has 0 aliphatic carbocycles. The fourth-order valence-corrected chi connectivity index (χ4v) is 5.58. The Labute approximate surface area is 199 Å². The van der Waals surface area contributed by atoms with Gasteiger partial charge in [-0.1, -0.05) is 23.2 Å². The number of anilines is 1. The molecule has 170 valence electrons. The Morgan fingerprint density at radius 2 is 1.79 bits per heavy atom. The summed E-state index contributed by atoms with van der Waals surface area (Å²) in [6, 6.07) is 14.2. The molecule has 0 atom stereocenters. The van der Waals surface area contributed by atoms with Gasteiger partial charge in [0.15, 0.2) is 0 Å². The molecule has 2 heterocycles. The van der Waals surface area contributed by atoms with E-state index in [2.05, 4.69) is 4.98 Å². The largest absolute Gasteiger partial charge is 0.480 e. The molecular weight excluding hydrogens is 487 g/mol. The van der Waals surface area contributed by atoms with Gasteiger partial charge in [0, 0.05) is 34.4 Å². The van der Waals surface area contributed by atoms with E-state index in [0.29, 0.717) is 17.7 Å². The Bertz CT molecular complexity index is 1450. The Kier molecular flexibility index (Phi) is 6.31. The predicted molar refractivity (Wildman–Crippen MR) is 128 cm³/mol. The first-order valence-corrected chi connectivity index (χ1v) is 11.9. The summed E-state index contributed by atoms with van der Waals surface area (Å²) in [6.45, 7) is -0.410. The lowest BCUT2D eigenvalue weighted by atomic mass is 10.2. The molecule has 2 aromatic heterocycles. The molecule has 8 nitrogen and oxygen atoms in total. The molecule has 0 bridgehead atoms. The third-order valence-corrected chi connectivity index (χ3v) is 7.15. The molecule has 4 aromatic rings. The highest BCUT2D eigenvalue weighted by atomic mass is 35.5. The van der Waals surface area contributed by atoms with Crippen molar-refractivity contribution in [2.75, 3.05) is 10.8 Å². The van der Waals surface area contributed by atoms with Gasteiger partial charge in [-0.2, -0.15) is 0 Å². The van der Waals surface area contributed by atoms with Crippen molar-refractivity contribution in [1.82, 2.24) is 9.55 Å². The van der Waals surface area contributed by atoms with Crippen LogP contribution >= 0.6 is 23.2 Å². The molecule has 4 rings (SSSR count). The number of benzene rings is 2. The van der Waals surface area contributed by atoms with Gasteiger partial charge in [0.05, 0.1) is 16.1 Å². The van der Waals surface area contributed by atoms with Crippen molar-refractivity contribution >= 4 is 55.8 Å². The highest BCUT2D eigenvalue weighted by Crippen LogP contribution is 2.31. The maximum Gasteiger partial charge on any atom is 0.324 e. The minimum Gasteiger partial charge on any atom is -0.480 e. The second-order valence-electron chi connectivity index (χ2n) is 7.17. The topological polar surface area (TPSA) is 119 Å². The average molecular weight is 505 g/mol. The summed E-state index contributed by atoms with van der Waals surface area (Å²) in [5.74, 6) is -0.656.